The van der Waals surface area contributed by atoms with E-state index in [1.54, 1.807) is 24.3 Å². The molecular formula is C16H12ClN3O2. The van der Waals surface area contributed by atoms with E-state index >= 15 is 0 Å². The van der Waals surface area contributed by atoms with Crippen molar-refractivity contribution >= 4 is 17.5 Å². The van der Waals surface area contributed by atoms with E-state index < -0.39 is 0 Å². The number of hydrogen-bond donors (Lipinski definition) is 1. The topological polar surface area (TPSA) is 68.0 Å². The molecule has 3 aromatic rings. The molecule has 0 aliphatic rings. The summed E-state index contributed by atoms with van der Waals surface area (Å²) in [5.74, 6) is 0.619. The van der Waals surface area contributed by atoms with Crippen LogP contribution in [0.5, 0.6) is 0 Å². The minimum absolute atomic E-state index is 0.168. The minimum atomic E-state index is -0.226. The number of nitrogens with zero attached hydrogens (tertiary/aromatic N) is 2. The minimum Gasteiger partial charge on any atom is -0.343 e. The van der Waals surface area contributed by atoms with Gasteiger partial charge in [-0.1, -0.05) is 47.1 Å². The molecule has 5 nitrogen and oxygen atoms in total. The van der Waals surface area contributed by atoms with E-state index in [2.05, 4.69) is 15.5 Å². The van der Waals surface area contributed by atoms with Gasteiger partial charge in [0.05, 0.1) is 6.54 Å². The standard InChI is InChI=1S/C16H12ClN3O2/c17-13-8-6-12(7-9-13)16(21)18-10-14-19-15(20-22-14)11-4-2-1-3-5-11/h1-9H,10H2,(H,18,21). The molecule has 110 valence electrons. The molecule has 0 fully saturated rings. The van der Waals surface area contributed by atoms with Crippen LogP contribution in [0.1, 0.15) is 16.2 Å². The Hall–Kier alpha value is -2.66. The van der Waals surface area contributed by atoms with Gasteiger partial charge in [-0.15, -0.1) is 0 Å². The largest absolute Gasteiger partial charge is 0.343 e. The molecule has 0 saturated carbocycles. The van der Waals surface area contributed by atoms with Crippen molar-refractivity contribution in [3.63, 3.8) is 0 Å². The molecule has 1 amide bonds. The molecule has 0 aliphatic heterocycles. The number of rotatable bonds is 4. The highest BCUT2D eigenvalue weighted by Gasteiger charge is 2.10. The number of halogens is 1. The normalized spacial score (nSPS) is 10.4. The van der Waals surface area contributed by atoms with Gasteiger partial charge in [-0.05, 0) is 24.3 Å². The van der Waals surface area contributed by atoms with Crippen LogP contribution in [0.2, 0.25) is 5.02 Å². The van der Waals surface area contributed by atoms with Gasteiger partial charge in [-0.25, -0.2) is 0 Å². The van der Waals surface area contributed by atoms with Gasteiger partial charge < -0.3 is 9.84 Å². The van der Waals surface area contributed by atoms with Gasteiger partial charge in [0.25, 0.3) is 5.91 Å². The lowest BCUT2D eigenvalue weighted by Gasteiger charge is -2.02. The number of carbonyl (C=O) groups excluding carboxylic acids is 1. The molecule has 0 radical (unpaired) electrons. The smallest absolute Gasteiger partial charge is 0.251 e. The van der Waals surface area contributed by atoms with E-state index in [-0.39, 0.29) is 12.5 Å². The van der Waals surface area contributed by atoms with E-state index in [0.29, 0.717) is 22.3 Å². The van der Waals surface area contributed by atoms with Gasteiger partial charge in [-0.3, -0.25) is 4.79 Å². The zero-order chi connectivity index (χ0) is 15.4. The maximum absolute atomic E-state index is 12.0. The predicted octanol–water partition coefficient (Wildman–Crippen LogP) is 3.32. The highest BCUT2D eigenvalue weighted by molar-refractivity contribution is 6.30. The first kappa shape index (κ1) is 14.3. The Morgan fingerprint density at radius 1 is 1.09 bits per heavy atom. The van der Waals surface area contributed by atoms with Crippen LogP contribution in [-0.2, 0) is 6.54 Å². The quantitative estimate of drug-likeness (QED) is 0.802. The van der Waals surface area contributed by atoms with E-state index in [0.717, 1.165) is 5.56 Å². The van der Waals surface area contributed by atoms with Crippen LogP contribution in [0, 0.1) is 0 Å². The lowest BCUT2D eigenvalue weighted by Crippen LogP contribution is -2.22. The summed E-state index contributed by atoms with van der Waals surface area (Å²) in [6.45, 7) is 0.168. The van der Waals surface area contributed by atoms with Gasteiger partial charge in [-0.2, -0.15) is 4.98 Å². The SMILES string of the molecule is O=C(NCc1nc(-c2ccccc2)no1)c1ccc(Cl)cc1. The number of benzene rings is 2. The Labute approximate surface area is 131 Å². The number of aromatic nitrogens is 2. The highest BCUT2D eigenvalue weighted by atomic mass is 35.5. The van der Waals surface area contributed by atoms with Crippen molar-refractivity contribution in [2.75, 3.05) is 0 Å². The molecule has 1 aromatic heterocycles. The van der Waals surface area contributed by atoms with E-state index in [1.807, 2.05) is 30.3 Å². The summed E-state index contributed by atoms with van der Waals surface area (Å²) in [4.78, 5) is 16.2. The van der Waals surface area contributed by atoms with Gasteiger partial charge in [0.15, 0.2) is 0 Å². The lowest BCUT2D eigenvalue weighted by atomic mass is 10.2. The number of amides is 1. The van der Waals surface area contributed by atoms with Crippen LogP contribution in [0.3, 0.4) is 0 Å². The molecule has 1 N–H and O–H groups in total. The van der Waals surface area contributed by atoms with E-state index in [9.17, 15) is 4.79 Å². The number of nitrogens with one attached hydrogen (secondary N) is 1. The monoisotopic (exact) mass is 313 g/mol. The van der Waals surface area contributed by atoms with Crippen molar-refractivity contribution in [3.05, 3.63) is 71.1 Å². The molecule has 6 heteroatoms. The Morgan fingerprint density at radius 2 is 1.82 bits per heavy atom. The molecule has 0 unspecified atom stereocenters. The Kier molecular flexibility index (Phi) is 4.16. The highest BCUT2D eigenvalue weighted by Crippen LogP contribution is 2.14. The average Bonchev–Trinajstić information content (AvgIpc) is 3.03. The molecule has 0 saturated heterocycles. The second-order valence-electron chi connectivity index (χ2n) is 4.57. The number of carbonyl (C=O) groups is 1. The van der Waals surface area contributed by atoms with Crippen LogP contribution >= 0.6 is 11.6 Å². The summed E-state index contributed by atoms with van der Waals surface area (Å²) < 4.78 is 5.13. The molecule has 0 spiro atoms. The average molecular weight is 314 g/mol. The first-order chi connectivity index (χ1) is 10.7. The third-order valence-electron chi connectivity index (χ3n) is 3.01. The third-order valence-corrected chi connectivity index (χ3v) is 3.26. The van der Waals surface area contributed by atoms with Crippen molar-refractivity contribution in [2.45, 2.75) is 6.54 Å². The van der Waals surface area contributed by atoms with E-state index in [1.165, 1.54) is 0 Å². The zero-order valence-electron chi connectivity index (χ0n) is 11.5. The maximum Gasteiger partial charge on any atom is 0.251 e. The van der Waals surface area contributed by atoms with Gasteiger partial charge in [0, 0.05) is 16.1 Å². The summed E-state index contributed by atoms with van der Waals surface area (Å²) >= 11 is 5.79. The number of hydrogen-bond acceptors (Lipinski definition) is 4. The van der Waals surface area contributed by atoms with Crippen LogP contribution in [-0.4, -0.2) is 16.0 Å². The molecule has 3 rings (SSSR count). The fourth-order valence-corrected chi connectivity index (χ4v) is 2.02. The molecular weight excluding hydrogens is 302 g/mol. The predicted molar refractivity (Wildman–Crippen MR) is 82.4 cm³/mol. The molecule has 0 aliphatic carbocycles. The first-order valence-corrected chi connectivity index (χ1v) is 7.02. The molecule has 1 heterocycles. The second-order valence-corrected chi connectivity index (χ2v) is 5.00. The van der Waals surface area contributed by atoms with Crippen molar-refractivity contribution < 1.29 is 9.32 Å². The summed E-state index contributed by atoms with van der Waals surface area (Å²) in [6.07, 6.45) is 0. The molecule has 0 atom stereocenters. The Balaban J connectivity index is 1.64. The van der Waals surface area contributed by atoms with E-state index in [4.69, 9.17) is 16.1 Å². The Bertz CT molecular complexity index is 770. The van der Waals surface area contributed by atoms with Crippen molar-refractivity contribution in [1.82, 2.24) is 15.5 Å². The van der Waals surface area contributed by atoms with Crippen molar-refractivity contribution in [3.8, 4) is 11.4 Å². The van der Waals surface area contributed by atoms with Crippen LogP contribution in [0.4, 0.5) is 0 Å². The van der Waals surface area contributed by atoms with Crippen molar-refractivity contribution in [2.24, 2.45) is 0 Å². The lowest BCUT2D eigenvalue weighted by molar-refractivity contribution is 0.0946. The summed E-state index contributed by atoms with van der Waals surface area (Å²) in [6, 6.07) is 16.1. The van der Waals surface area contributed by atoms with Crippen LogP contribution in [0.25, 0.3) is 11.4 Å². The summed E-state index contributed by atoms with van der Waals surface area (Å²) in [5, 5.41) is 7.20. The van der Waals surface area contributed by atoms with Gasteiger partial charge in [0.2, 0.25) is 11.7 Å². The third kappa shape index (κ3) is 3.32. The molecule has 22 heavy (non-hydrogen) atoms. The van der Waals surface area contributed by atoms with Gasteiger partial charge >= 0.3 is 0 Å². The second kappa shape index (κ2) is 6.41. The van der Waals surface area contributed by atoms with Crippen molar-refractivity contribution in [1.29, 1.82) is 0 Å². The maximum atomic E-state index is 12.0. The fourth-order valence-electron chi connectivity index (χ4n) is 1.89. The molecule has 0 bridgehead atoms. The first-order valence-electron chi connectivity index (χ1n) is 6.64. The van der Waals surface area contributed by atoms with Gasteiger partial charge in [0.1, 0.15) is 0 Å². The fraction of sp³-hybridized carbons (Fsp3) is 0.0625. The molecule has 2 aromatic carbocycles. The van der Waals surface area contributed by atoms with Crippen LogP contribution in [0.15, 0.2) is 59.1 Å². The summed E-state index contributed by atoms with van der Waals surface area (Å²) in [7, 11) is 0. The zero-order valence-corrected chi connectivity index (χ0v) is 12.2. The van der Waals surface area contributed by atoms with Crippen LogP contribution < -0.4 is 5.32 Å². The Morgan fingerprint density at radius 3 is 2.55 bits per heavy atom. The summed E-state index contributed by atoms with van der Waals surface area (Å²) in [5.41, 5.74) is 1.38.